The van der Waals surface area contributed by atoms with Crippen LogP contribution in [-0.4, -0.2) is 44.5 Å². The fourth-order valence-corrected chi connectivity index (χ4v) is 4.26. The van der Waals surface area contributed by atoms with Gasteiger partial charge in [0.1, 0.15) is 5.58 Å². The highest BCUT2D eigenvalue weighted by atomic mass is 32.2. The molecule has 0 fully saturated rings. The summed E-state index contributed by atoms with van der Waals surface area (Å²) in [5.74, 6) is -0.789. The van der Waals surface area contributed by atoms with Crippen LogP contribution in [0.4, 0.5) is 5.69 Å². The van der Waals surface area contributed by atoms with Gasteiger partial charge in [-0.2, -0.15) is 0 Å². The van der Waals surface area contributed by atoms with Crippen molar-refractivity contribution >= 4 is 38.3 Å². The molecule has 0 bridgehead atoms. The predicted octanol–water partition coefficient (Wildman–Crippen LogP) is 3.64. The number of anilines is 1. The zero-order valence-corrected chi connectivity index (χ0v) is 18.7. The quantitative estimate of drug-likeness (QED) is 0.574. The number of amides is 2. The maximum absolute atomic E-state index is 12.9. The van der Waals surface area contributed by atoms with Gasteiger partial charge in [-0.25, -0.2) is 8.42 Å². The van der Waals surface area contributed by atoms with Crippen LogP contribution in [0.2, 0.25) is 0 Å². The Morgan fingerprint density at radius 1 is 1.00 bits per heavy atom. The number of para-hydroxylation sites is 1. The van der Waals surface area contributed by atoms with Gasteiger partial charge in [0.05, 0.1) is 12.2 Å². The number of carbonyl (C=O) groups excluding carboxylic acids is 2. The Kier molecular flexibility index (Phi) is 6.80. The number of likely N-dealkylation sites (N-methyl/N-ethyl adjacent to an activating group) is 1. The van der Waals surface area contributed by atoms with Crippen molar-refractivity contribution in [2.45, 2.75) is 26.0 Å². The predicted molar refractivity (Wildman–Crippen MR) is 121 cm³/mol. The van der Waals surface area contributed by atoms with Gasteiger partial charge < -0.3 is 14.6 Å². The third-order valence-electron chi connectivity index (χ3n) is 4.99. The average Bonchev–Trinajstić information content (AvgIpc) is 3.07. The second kappa shape index (κ2) is 9.34. The van der Waals surface area contributed by atoms with E-state index in [4.69, 9.17) is 4.42 Å². The first-order valence-electron chi connectivity index (χ1n) is 10.1. The molecule has 3 aromatic rings. The Morgan fingerprint density at radius 2 is 1.65 bits per heavy atom. The van der Waals surface area contributed by atoms with Crippen LogP contribution in [0, 0.1) is 0 Å². The highest BCUT2D eigenvalue weighted by Gasteiger charge is 2.23. The van der Waals surface area contributed by atoms with E-state index in [1.165, 1.54) is 0 Å². The zero-order valence-electron chi connectivity index (χ0n) is 17.8. The number of carbonyl (C=O) groups is 2. The van der Waals surface area contributed by atoms with Crippen LogP contribution in [0.15, 0.2) is 52.9 Å². The molecule has 31 heavy (non-hydrogen) atoms. The van der Waals surface area contributed by atoms with Gasteiger partial charge in [-0.3, -0.25) is 9.59 Å². The highest BCUT2D eigenvalue weighted by molar-refractivity contribution is 7.89. The minimum atomic E-state index is -3.37. The summed E-state index contributed by atoms with van der Waals surface area (Å²) in [5, 5.41) is 3.35. The molecule has 164 valence electrons. The largest absolute Gasteiger partial charge is 0.451 e. The van der Waals surface area contributed by atoms with Crippen molar-refractivity contribution in [3.8, 4) is 0 Å². The van der Waals surface area contributed by atoms with Crippen molar-refractivity contribution in [1.29, 1.82) is 0 Å². The van der Waals surface area contributed by atoms with Gasteiger partial charge >= 0.3 is 0 Å². The number of sulfone groups is 1. The van der Waals surface area contributed by atoms with Crippen molar-refractivity contribution in [3.05, 3.63) is 65.4 Å². The number of nitrogens with zero attached hydrogens (tertiary/aromatic N) is 1. The Hall–Kier alpha value is -3.13. The summed E-state index contributed by atoms with van der Waals surface area (Å²) in [6, 6.07) is 13.9. The van der Waals surface area contributed by atoms with E-state index in [-0.39, 0.29) is 23.8 Å². The monoisotopic (exact) mass is 442 g/mol. The number of furan rings is 1. The topological polar surface area (TPSA) is 96.7 Å². The molecule has 0 aliphatic heterocycles. The number of rotatable bonds is 8. The van der Waals surface area contributed by atoms with Crippen molar-refractivity contribution in [1.82, 2.24) is 4.90 Å². The summed E-state index contributed by atoms with van der Waals surface area (Å²) < 4.78 is 29.5. The van der Waals surface area contributed by atoms with Crippen LogP contribution in [-0.2, 0) is 26.8 Å². The lowest BCUT2D eigenvalue weighted by molar-refractivity contribution is -0.130. The van der Waals surface area contributed by atoms with Crippen LogP contribution < -0.4 is 5.32 Å². The van der Waals surface area contributed by atoms with Gasteiger partial charge in [0, 0.05) is 36.0 Å². The molecule has 1 N–H and O–H groups in total. The van der Waals surface area contributed by atoms with Gasteiger partial charge in [0.2, 0.25) is 5.91 Å². The second-order valence-electron chi connectivity index (χ2n) is 7.37. The Morgan fingerprint density at radius 3 is 2.26 bits per heavy atom. The van der Waals surface area contributed by atoms with Crippen molar-refractivity contribution in [3.63, 3.8) is 0 Å². The molecule has 1 aromatic heterocycles. The molecular weight excluding hydrogens is 416 g/mol. The molecule has 2 amide bonds. The van der Waals surface area contributed by atoms with Gasteiger partial charge in [-0.05, 0) is 37.6 Å². The Labute approximate surface area is 182 Å². The van der Waals surface area contributed by atoms with E-state index in [1.807, 2.05) is 13.8 Å². The standard InChI is InChI=1S/C23H26N2O5S/c1-4-25(5-2)21(26)14-16-10-12-17(13-11-16)24-23(27)22-19(15-31(3,28)29)18-8-6-7-9-20(18)30-22/h6-13H,4-5,14-15H2,1-3H3,(H,24,27). The third kappa shape index (κ3) is 5.52. The molecular formula is C23H26N2O5S. The molecule has 0 saturated carbocycles. The first-order valence-corrected chi connectivity index (χ1v) is 12.1. The van der Waals surface area contributed by atoms with E-state index >= 15 is 0 Å². The second-order valence-corrected chi connectivity index (χ2v) is 9.51. The van der Waals surface area contributed by atoms with Crippen molar-refractivity contribution in [2.24, 2.45) is 0 Å². The SMILES string of the molecule is CCN(CC)C(=O)Cc1ccc(NC(=O)c2oc3ccccc3c2CS(C)(=O)=O)cc1. The summed E-state index contributed by atoms with van der Waals surface area (Å²) in [6.07, 6.45) is 1.41. The van der Waals surface area contributed by atoms with Gasteiger partial charge in [0.15, 0.2) is 15.6 Å². The Balaban J connectivity index is 1.80. The van der Waals surface area contributed by atoms with E-state index in [0.717, 1.165) is 11.8 Å². The normalized spacial score (nSPS) is 11.5. The zero-order chi connectivity index (χ0) is 22.6. The maximum atomic E-state index is 12.9. The van der Waals surface area contributed by atoms with Crippen LogP contribution >= 0.6 is 0 Å². The fraction of sp³-hybridized carbons (Fsp3) is 0.304. The molecule has 0 unspecified atom stereocenters. The van der Waals surface area contributed by atoms with E-state index in [0.29, 0.717) is 35.3 Å². The van der Waals surface area contributed by atoms with Gasteiger partial charge in [0.25, 0.3) is 5.91 Å². The van der Waals surface area contributed by atoms with E-state index in [9.17, 15) is 18.0 Å². The molecule has 0 aliphatic carbocycles. The molecule has 0 saturated heterocycles. The average molecular weight is 443 g/mol. The number of nitrogens with one attached hydrogen (secondary N) is 1. The minimum Gasteiger partial charge on any atom is -0.451 e. The van der Waals surface area contributed by atoms with E-state index in [2.05, 4.69) is 5.32 Å². The van der Waals surface area contributed by atoms with Crippen LogP contribution in [0.3, 0.4) is 0 Å². The lowest BCUT2D eigenvalue weighted by Gasteiger charge is -2.18. The lowest BCUT2D eigenvalue weighted by Crippen LogP contribution is -2.31. The van der Waals surface area contributed by atoms with Crippen LogP contribution in [0.25, 0.3) is 11.0 Å². The summed E-state index contributed by atoms with van der Waals surface area (Å²) >= 11 is 0. The highest BCUT2D eigenvalue weighted by Crippen LogP contribution is 2.28. The molecule has 7 nitrogen and oxygen atoms in total. The number of hydrogen-bond donors (Lipinski definition) is 1. The molecule has 1 heterocycles. The Bertz CT molecular complexity index is 1190. The summed E-state index contributed by atoms with van der Waals surface area (Å²) in [5.41, 5.74) is 2.17. The summed E-state index contributed by atoms with van der Waals surface area (Å²) in [6.45, 7) is 5.21. The number of hydrogen-bond acceptors (Lipinski definition) is 5. The van der Waals surface area contributed by atoms with E-state index in [1.54, 1.807) is 53.4 Å². The van der Waals surface area contributed by atoms with Crippen molar-refractivity contribution < 1.29 is 22.4 Å². The summed E-state index contributed by atoms with van der Waals surface area (Å²) in [7, 11) is -3.37. The van der Waals surface area contributed by atoms with Gasteiger partial charge in [-0.1, -0.05) is 30.3 Å². The first-order chi connectivity index (χ1) is 14.7. The molecule has 8 heteroatoms. The van der Waals surface area contributed by atoms with Gasteiger partial charge in [-0.15, -0.1) is 0 Å². The third-order valence-corrected chi connectivity index (χ3v) is 5.81. The van der Waals surface area contributed by atoms with Crippen molar-refractivity contribution in [2.75, 3.05) is 24.7 Å². The molecule has 0 aliphatic rings. The minimum absolute atomic E-state index is 0.0209. The molecule has 2 aromatic carbocycles. The number of benzene rings is 2. The lowest BCUT2D eigenvalue weighted by atomic mass is 10.1. The molecule has 3 rings (SSSR count). The van der Waals surface area contributed by atoms with E-state index < -0.39 is 15.7 Å². The fourth-order valence-electron chi connectivity index (χ4n) is 3.44. The molecule has 0 spiro atoms. The summed E-state index contributed by atoms with van der Waals surface area (Å²) in [4.78, 5) is 26.9. The molecule has 0 radical (unpaired) electrons. The molecule has 0 atom stereocenters. The smallest absolute Gasteiger partial charge is 0.291 e. The number of fused-ring (bicyclic) bond motifs is 1. The maximum Gasteiger partial charge on any atom is 0.291 e. The van der Waals surface area contributed by atoms with Crippen LogP contribution in [0.1, 0.15) is 35.5 Å². The van der Waals surface area contributed by atoms with Crippen LogP contribution in [0.5, 0.6) is 0 Å². The first kappa shape index (κ1) is 22.6.